The van der Waals surface area contributed by atoms with Gasteiger partial charge in [0.15, 0.2) is 0 Å². The van der Waals surface area contributed by atoms with Crippen molar-refractivity contribution < 1.29 is 0 Å². The third-order valence-electron chi connectivity index (χ3n) is 4.85. The number of rotatable bonds is 1. The van der Waals surface area contributed by atoms with E-state index in [1.807, 2.05) is 0 Å². The lowest BCUT2D eigenvalue weighted by molar-refractivity contribution is 0.304. The highest BCUT2D eigenvalue weighted by atomic mass is 15.2. The molecule has 1 N–H and O–H groups in total. The molecule has 2 nitrogen and oxygen atoms in total. The van der Waals surface area contributed by atoms with Gasteiger partial charge in [0.2, 0.25) is 0 Å². The second-order valence-corrected chi connectivity index (χ2v) is 6.05. The Hall–Kier alpha value is -1.02. The molecule has 98 valence electrons. The van der Waals surface area contributed by atoms with Crippen molar-refractivity contribution in [3.63, 3.8) is 0 Å². The van der Waals surface area contributed by atoms with Crippen molar-refractivity contribution in [3.8, 4) is 0 Å². The van der Waals surface area contributed by atoms with Crippen LogP contribution >= 0.6 is 0 Å². The van der Waals surface area contributed by atoms with E-state index in [2.05, 4.69) is 42.3 Å². The summed E-state index contributed by atoms with van der Waals surface area (Å²) in [6.45, 7) is 7.94. The molecule has 2 aliphatic rings. The molecule has 1 spiro atoms. The summed E-state index contributed by atoms with van der Waals surface area (Å²) in [6, 6.07) is 6.70. The van der Waals surface area contributed by atoms with Gasteiger partial charge >= 0.3 is 0 Å². The van der Waals surface area contributed by atoms with Crippen LogP contribution in [0.5, 0.6) is 0 Å². The highest BCUT2D eigenvalue weighted by Gasteiger charge is 2.37. The lowest BCUT2D eigenvalue weighted by Gasteiger charge is -2.43. The van der Waals surface area contributed by atoms with Gasteiger partial charge in [0.1, 0.15) is 0 Å². The van der Waals surface area contributed by atoms with Crippen LogP contribution in [0.15, 0.2) is 18.2 Å². The number of benzene rings is 1. The Morgan fingerprint density at radius 3 is 2.72 bits per heavy atom. The fraction of sp³-hybridized carbons (Fsp3) is 0.625. The van der Waals surface area contributed by atoms with Crippen LogP contribution in [0.25, 0.3) is 0 Å². The zero-order valence-corrected chi connectivity index (χ0v) is 11.6. The van der Waals surface area contributed by atoms with Crippen LogP contribution < -0.4 is 10.2 Å². The molecule has 1 heterocycles. The second-order valence-electron chi connectivity index (χ2n) is 6.05. The van der Waals surface area contributed by atoms with Crippen LogP contribution in [0.4, 0.5) is 5.69 Å². The summed E-state index contributed by atoms with van der Waals surface area (Å²) in [5.41, 5.74) is 4.72. The molecule has 18 heavy (non-hydrogen) atoms. The summed E-state index contributed by atoms with van der Waals surface area (Å²) in [6.07, 6.45) is 5.50. The van der Waals surface area contributed by atoms with E-state index >= 15 is 0 Å². The first-order valence-corrected chi connectivity index (χ1v) is 7.26. The van der Waals surface area contributed by atoms with Gasteiger partial charge in [-0.15, -0.1) is 0 Å². The number of hydrogen-bond donors (Lipinski definition) is 1. The van der Waals surface area contributed by atoms with Crippen molar-refractivity contribution in [2.24, 2.45) is 0 Å². The molecule has 0 unspecified atom stereocenters. The first kappa shape index (κ1) is 12.0. The van der Waals surface area contributed by atoms with Crippen molar-refractivity contribution in [3.05, 3.63) is 29.3 Å². The van der Waals surface area contributed by atoms with Crippen LogP contribution in [0.3, 0.4) is 0 Å². The van der Waals surface area contributed by atoms with E-state index in [0.29, 0.717) is 5.54 Å². The van der Waals surface area contributed by atoms with E-state index in [4.69, 9.17) is 0 Å². The molecule has 1 aliphatic heterocycles. The van der Waals surface area contributed by atoms with Crippen molar-refractivity contribution in [1.29, 1.82) is 0 Å². The van der Waals surface area contributed by atoms with Gasteiger partial charge in [-0.2, -0.15) is 0 Å². The molecule has 1 aromatic carbocycles. The second kappa shape index (κ2) is 4.58. The van der Waals surface area contributed by atoms with E-state index in [-0.39, 0.29) is 0 Å². The van der Waals surface area contributed by atoms with Crippen LogP contribution in [-0.4, -0.2) is 25.2 Å². The minimum Gasteiger partial charge on any atom is -0.368 e. The van der Waals surface area contributed by atoms with Gasteiger partial charge in [0.05, 0.1) is 0 Å². The zero-order chi connectivity index (χ0) is 12.6. The fourth-order valence-corrected chi connectivity index (χ4v) is 3.63. The highest BCUT2D eigenvalue weighted by molar-refractivity contribution is 5.56. The average molecular weight is 244 g/mol. The van der Waals surface area contributed by atoms with Gasteiger partial charge < -0.3 is 10.2 Å². The predicted octanol–water partition coefficient (Wildman–Crippen LogP) is 3.03. The molecule has 3 rings (SSSR count). The number of nitrogens with zero attached hydrogens (tertiary/aromatic N) is 1. The fourth-order valence-electron chi connectivity index (χ4n) is 3.63. The van der Waals surface area contributed by atoms with Crippen LogP contribution in [0, 0.1) is 13.8 Å². The Labute approximate surface area is 110 Å². The van der Waals surface area contributed by atoms with Gasteiger partial charge in [-0.1, -0.05) is 25.0 Å². The Bertz CT molecular complexity index is 433. The maximum atomic E-state index is 3.79. The minimum atomic E-state index is 0.411. The van der Waals surface area contributed by atoms with E-state index in [1.165, 1.54) is 49.0 Å². The highest BCUT2D eigenvalue weighted by Crippen LogP contribution is 2.34. The Morgan fingerprint density at radius 1 is 1.17 bits per heavy atom. The smallest absolute Gasteiger partial charge is 0.0399 e. The van der Waals surface area contributed by atoms with Crippen molar-refractivity contribution in [2.45, 2.75) is 45.1 Å². The Balaban J connectivity index is 1.85. The van der Waals surface area contributed by atoms with Crippen molar-refractivity contribution in [1.82, 2.24) is 5.32 Å². The molecular formula is C16H24N2. The number of piperazine rings is 1. The summed E-state index contributed by atoms with van der Waals surface area (Å²) >= 11 is 0. The molecule has 0 radical (unpaired) electrons. The largest absolute Gasteiger partial charge is 0.368 e. The topological polar surface area (TPSA) is 15.3 Å². The summed E-state index contributed by atoms with van der Waals surface area (Å²) in [4.78, 5) is 2.60. The molecular weight excluding hydrogens is 220 g/mol. The van der Waals surface area contributed by atoms with E-state index in [9.17, 15) is 0 Å². The van der Waals surface area contributed by atoms with Crippen molar-refractivity contribution in [2.75, 3.05) is 24.5 Å². The van der Waals surface area contributed by atoms with E-state index < -0.39 is 0 Å². The first-order chi connectivity index (χ1) is 8.70. The Kier molecular flexibility index (Phi) is 3.06. The molecule has 0 bridgehead atoms. The maximum absolute atomic E-state index is 3.79. The number of aryl methyl sites for hydroxylation is 1. The predicted molar refractivity (Wildman–Crippen MR) is 77.3 cm³/mol. The monoisotopic (exact) mass is 244 g/mol. The SMILES string of the molecule is Cc1cccc(N2CCNC3(CCCC3)C2)c1C. The van der Waals surface area contributed by atoms with E-state index in [0.717, 1.165) is 13.1 Å². The maximum Gasteiger partial charge on any atom is 0.0399 e. The zero-order valence-electron chi connectivity index (χ0n) is 11.6. The summed E-state index contributed by atoms with van der Waals surface area (Å²) < 4.78 is 0. The van der Waals surface area contributed by atoms with Gasteiger partial charge in [-0.05, 0) is 43.9 Å². The number of nitrogens with one attached hydrogen (secondary N) is 1. The average Bonchev–Trinajstić information content (AvgIpc) is 2.81. The normalized spacial score (nSPS) is 22.7. The van der Waals surface area contributed by atoms with Crippen LogP contribution in [0.1, 0.15) is 36.8 Å². The van der Waals surface area contributed by atoms with Gasteiger partial charge in [-0.25, -0.2) is 0 Å². The summed E-state index contributed by atoms with van der Waals surface area (Å²) in [5, 5.41) is 3.79. The third-order valence-corrected chi connectivity index (χ3v) is 4.85. The molecule has 1 saturated carbocycles. The van der Waals surface area contributed by atoms with Crippen molar-refractivity contribution >= 4 is 5.69 Å². The lowest BCUT2D eigenvalue weighted by Crippen LogP contribution is -2.59. The third kappa shape index (κ3) is 2.03. The van der Waals surface area contributed by atoms with Crippen LogP contribution in [0.2, 0.25) is 0 Å². The number of hydrogen-bond acceptors (Lipinski definition) is 2. The first-order valence-electron chi connectivity index (χ1n) is 7.26. The van der Waals surface area contributed by atoms with Gasteiger partial charge in [-0.3, -0.25) is 0 Å². The van der Waals surface area contributed by atoms with E-state index in [1.54, 1.807) is 0 Å². The molecule has 0 aromatic heterocycles. The summed E-state index contributed by atoms with van der Waals surface area (Å²) in [5.74, 6) is 0. The standard InChI is InChI=1S/C16H24N2/c1-13-6-5-7-15(14(13)2)18-11-10-17-16(12-18)8-3-4-9-16/h5-7,17H,3-4,8-12H2,1-2H3. The molecule has 0 amide bonds. The number of anilines is 1. The molecule has 0 atom stereocenters. The lowest BCUT2D eigenvalue weighted by atomic mass is 9.93. The van der Waals surface area contributed by atoms with Gasteiger partial charge in [0, 0.05) is 30.9 Å². The molecule has 2 heteroatoms. The molecule has 2 fully saturated rings. The minimum absolute atomic E-state index is 0.411. The van der Waals surface area contributed by atoms with Gasteiger partial charge in [0.25, 0.3) is 0 Å². The molecule has 1 aliphatic carbocycles. The molecule has 1 aromatic rings. The summed E-state index contributed by atoms with van der Waals surface area (Å²) in [7, 11) is 0. The Morgan fingerprint density at radius 2 is 1.94 bits per heavy atom. The van der Waals surface area contributed by atoms with Crippen LogP contribution in [-0.2, 0) is 0 Å². The quantitative estimate of drug-likeness (QED) is 0.817. The molecule has 1 saturated heterocycles.